The Kier molecular flexibility index (Phi) is 5.85. The number of nitrogens with zero attached hydrogens (tertiary/aromatic N) is 3. The maximum absolute atomic E-state index is 12.5. The van der Waals surface area contributed by atoms with Gasteiger partial charge in [0.05, 0.1) is 30.3 Å². The third-order valence-electron chi connectivity index (χ3n) is 4.27. The standard InChI is InChI=1S/C18H24N4O3S/c1-3-15-4-6-17(7-5-15)26(23,24)19-13-16-12-14(2)20-18(21-16)22-8-10-25-11-9-22/h4-7,12,19H,3,8-11,13H2,1-2H3. The second-order valence-corrected chi connectivity index (χ2v) is 7.99. The average Bonchev–Trinajstić information content (AvgIpc) is 2.67. The van der Waals surface area contributed by atoms with Gasteiger partial charge in [-0.3, -0.25) is 0 Å². The van der Waals surface area contributed by atoms with E-state index >= 15 is 0 Å². The molecule has 1 aliphatic heterocycles. The zero-order valence-electron chi connectivity index (χ0n) is 15.1. The van der Waals surface area contributed by atoms with Gasteiger partial charge in [0.15, 0.2) is 0 Å². The molecule has 140 valence electrons. The first-order chi connectivity index (χ1) is 12.5. The summed E-state index contributed by atoms with van der Waals surface area (Å²) in [6.07, 6.45) is 0.873. The maximum atomic E-state index is 12.5. The Bertz CT molecular complexity index is 847. The van der Waals surface area contributed by atoms with E-state index in [1.165, 1.54) is 0 Å². The number of ether oxygens (including phenoxy) is 1. The molecule has 0 radical (unpaired) electrons. The van der Waals surface area contributed by atoms with Crippen LogP contribution in [0.1, 0.15) is 23.9 Å². The zero-order chi connectivity index (χ0) is 18.6. The minimum atomic E-state index is -3.58. The van der Waals surface area contributed by atoms with Crippen LogP contribution >= 0.6 is 0 Å². The SMILES string of the molecule is CCc1ccc(S(=O)(=O)NCc2cc(C)nc(N3CCOCC3)n2)cc1. The van der Waals surface area contributed by atoms with Gasteiger partial charge in [-0.05, 0) is 37.1 Å². The molecule has 3 rings (SSSR count). The van der Waals surface area contributed by atoms with Crippen molar-refractivity contribution in [3.8, 4) is 0 Å². The lowest BCUT2D eigenvalue weighted by Gasteiger charge is -2.27. The molecule has 0 bridgehead atoms. The molecule has 1 aromatic heterocycles. The molecular weight excluding hydrogens is 352 g/mol. The molecule has 0 spiro atoms. The van der Waals surface area contributed by atoms with Crippen molar-refractivity contribution in [2.75, 3.05) is 31.2 Å². The molecular formula is C18H24N4O3S. The van der Waals surface area contributed by atoms with E-state index in [0.29, 0.717) is 24.9 Å². The molecule has 0 atom stereocenters. The van der Waals surface area contributed by atoms with Crippen LogP contribution in [-0.2, 0) is 27.7 Å². The largest absolute Gasteiger partial charge is 0.378 e. The van der Waals surface area contributed by atoms with E-state index in [9.17, 15) is 8.42 Å². The number of rotatable bonds is 6. The summed E-state index contributed by atoms with van der Waals surface area (Å²) in [6, 6.07) is 8.73. The molecule has 0 unspecified atom stereocenters. The van der Waals surface area contributed by atoms with Crippen LogP contribution in [0.4, 0.5) is 5.95 Å². The lowest BCUT2D eigenvalue weighted by atomic mass is 10.2. The average molecular weight is 376 g/mol. The number of benzene rings is 1. The predicted molar refractivity (Wildman–Crippen MR) is 99.6 cm³/mol. The third-order valence-corrected chi connectivity index (χ3v) is 5.69. The quantitative estimate of drug-likeness (QED) is 0.825. The molecule has 2 heterocycles. The molecule has 1 saturated heterocycles. The van der Waals surface area contributed by atoms with E-state index in [1.807, 2.05) is 26.0 Å². The van der Waals surface area contributed by atoms with Crippen LogP contribution in [0.5, 0.6) is 0 Å². The number of sulfonamides is 1. The number of hydrogen-bond acceptors (Lipinski definition) is 6. The first kappa shape index (κ1) is 18.8. The number of hydrogen-bond donors (Lipinski definition) is 1. The molecule has 8 heteroatoms. The van der Waals surface area contributed by atoms with Crippen molar-refractivity contribution in [1.29, 1.82) is 0 Å². The Morgan fingerprint density at radius 3 is 2.50 bits per heavy atom. The van der Waals surface area contributed by atoms with Crippen molar-refractivity contribution >= 4 is 16.0 Å². The maximum Gasteiger partial charge on any atom is 0.240 e. The molecule has 2 aromatic rings. The smallest absolute Gasteiger partial charge is 0.240 e. The van der Waals surface area contributed by atoms with Gasteiger partial charge in [0, 0.05) is 18.8 Å². The highest BCUT2D eigenvalue weighted by Crippen LogP contribution is 2.14. The van der Waals surface area contributed by atoms with Gasteiger partial charge in [-0.2, -0.15) is 0 Å². The Labute approximate surface area is 154 Å². The molecule has 0 amide bonds. The zero-order valence-corrected chi connectivity index (χ0v) is 15.9. The molecule has 1 N–H and O–H groups in total. The number of nitrogens with one attached hydrogen (secondary N) is 1. The second kappa shape index (κ2) is 8.11. The third kappa shape index (κ3) is 4.57. The van der Waals surface area contributed by atoms with E-state index in [4.69, 9.17) is 4.74 Å². The Balaban J connectivity index is 1.72. The monoisotopic (exact) mass is 376 g/mol. The van der Waals surface area contributed by atoms with Crippen LogP contribution in [0.2, 0.25) is 0 Å². The van der Waals surface area contributed by atoms with Crippen LogP contribution in [0, 0.1) is 6.92 Å². The van der Waals surface area contributed by atoms with E-state index in [2.05, 4.69) is 19.6 Å². The molecule has 1 aromatic carbocycles. The van der Waals surface area contributed by atoms with Crippen LogP contribution in [0.3, 0.4) is 0 Å². The summed E-state index contributed by atoms with van der Waals surface area (Å²) in [5.74, 6) is 0.620. The summed E-state index contributed by atoms with van der Waals surface area (Å²) < 4.78 is 33.0. The van der Waals surface area contributed by atoms with Gasteiger partial charge in [0.1, 0.15) is 0 Å². The van der Waals surface area contributed by atoms with Gasteiger partial charge in [0.2, 0.25) is 16.0 Å². The fraction of sp³-hybridized carbons (Fsp3) is 0.444. The van der Waals surface area contributed by atoms with Crippen molar-refractivity contribution in [3.05, 3.63) is 47.3 Å². The van der Waals surface area contributed by atoms with Crippen LogP contribution < -0.4 is 9.62 Å². The van der Waals surface area contributed by atoms with Gasteiger partial charge in [-0.25, -0.2) is 23.1 Å². The first-order valence-electron chi connectivity index (χ1n) is 8.74. The highest BCUT2D eigenvalue weighted by atomic mass is 32.2. The summed E-state index contributed by atoms with van der Waals surface area (Å²) in [5.41, 5.74) is 2.56. The van der Waals surface area contributed by atoms with Crippen molar-refractivity contribution in [3.63, 3.8) is 0 Å². The summed E-state index contributed by atoms with van der Waals surface area (Å²) >= 11 is 0. The summed E-state index contributed by atoms with van der Waals surface area (Å²) in [6.45, 7) is 6.80. The normalized spacial score (nSPS) is 15.2. The van der Waals surface area contributed by atoms with E-state index in [0.717, 1.165) is 30.8 Å². The number of aromatic nitrogens is 2. The van der Waals surface area contributed by atoms with Gasteiger partial charge in [0.25, 0.3) is 0 Å². The molecule has 1 aliphatic rings. The minimum absolute atomic E-state index is 0.124. The van der Waals surface area contributed by atoms with Crippen molar-refractivity contribution in [2.24, 2.45) is 0 Å². The molecule has 7 nitrogen and oxygen atoms in total. The van der Waals surface area contributed by atoms with Gasteiger partial charge >= 0.3 is 0 Å². The second-order valence-electron chi connectivity index (χ2n) is 6.22. The van der Waals surface area contributed by atoms with Gasteiger partial charge in [-0.1, -0.05) is 19.1 Å². The highest BCUT2D eigenvalue weighted by molar-refractivity contribution is 7.89. The predicted octanol–water partition coefficient (Wildman–Crippen LogP) is 1.66. The summed E-state index contributed by atoms with van der Waals surface area (Å²) in [7, 11) is -3.58. The Morgan fingerprint density at radius 2 is 1.85 bits per heavy atom. The molecule has 0 aliphatic carbocycles. The van der Waals surface area contributed by atoms with Crippen molar-refractivity contribution < 1.29 is 13.2 Å². The Morgan fingerprint density at radius 1 is 1.15 bits per heavy atom. The molecule has 0 saturated carbocycles. The van der Waals surface area contributed by atoms with Crippen LogP contribution in [-0.4, -0.2) is 44.7 Å². The number of morpholine rings is 1. The van der Waals surface area contributed by atoms with Crippen molar-refractivity contribution in [2.45, 2.75) is 31.7 Å². The molecule has 1 fully saturated rings. The van der Waals surface area contributed by atoms with Gasteiger partial charge < -0.3 is 9.64 Å². The van der Waals surface area contributed by atoms with E-state index in [1.54, 1.807) is 18.2 Å². The van der Waals surface area contributed by atoms with Crippen molar-refractivity contribution in [1.82, 2.24) is 14.7 Å². The molecule has 26 heavy (non-hydrogen) atoms. The Hall–Kier alpha value is -2.03. The van der Waals surface area contributed by atoms with Gasteiger partial charge in [-0.15, -0.1) is 0 Å². The van der Waals surface area contributed by atoms with Crippen LogP contribution in [0.25, 0.3) is 0 Å². The fourth-order valence-corrected chi connectivity index (χ4v) is 3.77. The minimum Gasteiger partial charge on any atom is -0.378 e. The fourth-order valence-electron chi connectivity index (χ4n) is 2.77. The summed E-state index contributed by atoms with van der Waals surface area (Å²) in [4.78, 5) is 11.3. The van der Waals surface area contributed by atoms with E-state index in [-0.39, 0.29) is 11.4 Å². The summed E-state index contributed by atoms with van der Waals surface area (Å²) in [5, 5.41) is 0. The highest BCUT2D eigenvalue weighted by Gasteiger charge is 2.17. The first-order valence-corrected chi connectivity index (χ1v) is 10.2. The van der Waals surface area contributed by atoms with Crippen LogP contribution in [0.15, 0.2) is 35.2 Å². The van der Waals surface area contributed by atoms with E-state index < -0.39 is 10.0 Å². The lowest BCUT2D eigenvalue weighted by molar-refractivity contribution is 0.122. The lowest BCUT2D eigenvalue weighted by Crippen LogP contribution is -2.37. The topological polar surface area (TPSA) is 84.4 Å². The number of aryl methyl sites for hydroxylation is 2. The number of anilines is 1.